The Morgan fingerprint density at radius 2 is 1.07 bits per heavy atom. The molecular formula is C49H68F2O8. The molecule has 0 amide bonds. The molecule has 8 aliphatic carbocycles. The minimum atomic E-state index is -0.748. The number of hydrogen-bond acceptors (Lipinski definition) is 7. The first kappa shape index (κ1) is 44.0. The molecule has 16 atom stereocenters. The zero-order valence-electron chi connectivity index (χ0n) is 36.5. The molecule has 1 N–H and O–H groups in total. The quantitative estimate of drug-likeness (QED) is 0.240. The third-order valence-corrected chi connectivity index (χ3v) is 19.2. The Morgan fingerprint density at radius 3 is 1.46 bits per heavy atom. The highest BCUT2D eigenvalue weighted by Crippen LogP contribution is 2.69. The van der Waals surface area contributed by atoms with Crippen LogP contribution in [0.4, 0.5) is 8.78 Å². The molecule has 0 heterocycles. The molecule has 326 valence electrons. The lowest BCUT2D eigenvalue weighted by atomic mass is 9.45. The van der Waals surface area contributed by atoms with Gasteiger partial charge in [0.05, 0.1) is 7.11 Å². The Bertz CT molecular complexity index is 1820. The lowest BCUT2D eigenvalue weighted by Crippen LogP contribution is -2.56. The average molecular weight is 823 g/mol. The highest BCUT2D eigenvalue weighted by atomic mass is 19.1. The van der Waals surface area contributed by atoms with Crippen LogP contribution in [0, 0.1) is 92.7 Å². The van der Waals surface area contributed by atoms with Crippen LogP contribution in [-0.2, 0) is 33.5 Å². The van der Waals surface area contributed by atoms with Crippen LogP contribution < -0.4 is 0 Å². The molecular weight excluding hydrogens is 755 g/mol. The summed E-state index contributed by atoms with van der Waals surface area (Å²) in [5.41, 5.74) is -0.676. The van der Waals surface area contributed by atoms with Crippen LogP contribution in [0.1, 0.15) is 144 Å². The van der Waals surface area contributed by atoms with E-state index >= 15 is 0 Å². The van der Waals surface area contributed by atoms with Gasteiger partial charge < -0.3 is 9.84 Å². The zero-order chi connectivity index (χ0) is 43.0. The number of fused-ring (bicyclic) bond motifs is 10. The Balaban J connectivity index is 0.000000179. The molecule has 0 aliphatic heterocycles. The minimum absolute atomic E-state index is 0.0277. The summed E-state index contributed by atoms with van der Waals surface area (Å²) >= 11 is 0. The molecule has 6 saturated carbocycles. The molecule has 8 aliphatic rings. The number of aliphatic carboxylic acids is 1. The van der Waals surface area contributed by atoms with E-state index in [2.05, 4.69) is 41.5 Å². The van der Waals surface area contributed by atoms with Gasteiger partial charge in [0.25, 0.3) is 0 Å². The second-order valence-electron chi connectivity index (χ2n) is 21.6. The van der Waals surface area contributed by atoms with Gasteiger partial charge in [0.1, 0.15) is 11.6 Å². The molecule has 0 aromatic rings. The zero-order valence-corrected chi connectivity index (χ0v) is 36.5. The highest BCUT2D eigenvalue weighted by molar-refractivity contribution is 5.96. The number of carbonyl (C=O) groups is 6. The lowest BCUT2D eigenvalue weighted by molar-refractivity contribution is -0.151. The van der Waals surface area contributed by atoms with E-state index in [1.165, 1.54) is 7.11 Å². The molecule has 0 aromatic heterocycles. The summed E-state index contributed by atoms with van der Waals surface area (Å²) in [6.45, 7) is 13.2. The molecule has 0 bridgehead atoms. The number of carbonyl (C=O) groups excluding carboxylic acids is 5. The van der Waals surface area contributed by atoms with E-state index in [4.69, 9.17) is 9.84 Å². The number of ketones is 4. The summed E-state index contributed by atoms with van der Waals surface area (Å²) in [6, 6.07) is 0. The van der Waals surface area contributed by atoms with E-state index in [9.17, 15) is 37.5 Å². The molecule has 0 saturated heterocycles. The van der Waals surface area contributed by atoms with E-state index in [0.29, 0.717) is 61.1 Å². The predicted octanol–water partition coefficient (Wildman–Crippen LogP) is 10.0. The Hall–Kier alpha value is -3.04. The van der Waals surface area contributed by atoms with Crippen molar-refractivity contribution in [3.05, 3.63) is 23.8 Å². The third kappa shape index (κ3) is 7.34. The van der Waals surface area contributed by atoms with Crippen molar-refractivity contribution in [2.75, 3.05) is 7.11 Å². The van der Waals surface area contributed by atoms with Crippen LogP contribution in [0.5, 0.6) is 0 Å². The molecule has 8 nitrogen and oxygen atoms in total. The normalized spacial score (nSPS) is 44.5. The van der Waals surface area contributed by atoms with E-state index < -0.39 is 40.0 Å². The van der Waals surface area contributed by atoms with Gasteiger partial charge in [0, 0.05) is 50.4 Å². The molecule has 8 rings (SSSR count). The topological polar surface area (TPSA) is 132 Å². The summed E-state index contributed by atoms with van der Waals surface area (Å²) in [4.78, 5) is 73.1. The summed E-state index contributed by atoms with van der Waals surface area (Å²) in [5, 5.41) is 9.06. The number of halogens is 2. The number of Topliss-reactive ketones (excluding diaryl/α,β-unsaturated/α-hetero) is 4. The molecule has 59 heavy (non-hydrogen) atoms. The summed E-state index contributed by atoms with van der Waals surface area (Å²) in [7, 11) is 1.43. The number of carboxylic acids is 1. The van der Waals surface area contributed by atoms with Gasteiger partial charge in [0.2, 0.25) is 0 Å². The van der Waals surface area contributed by atoms with E-state index in [1.54, 1.807) is 12.2 Å². The smallest absolute Gasteiger partial charge is 0.305 e. The number of allylic oxidation sites excluding steroid dienone is 4. The Kier molecular flexibility index (Phi) is 12.0. The van der Waals surface area contributed by atoms with Crippen LogP contribution in [0.2, 0.25) is 0 Å². The third-order valence-electron chi connectivity index (χ3n) is 19.2. The molecule has 6 fully saturated rings. The van der Waals surface area contributed by atoms with E-state index in [-0.39, 0.29) is 83.3 Å². The predicted molar refractivity (Wildman–Crippen MR) is 218 cm³/mol. The van der Waals surface area contributed by atoms with Crippen molar-refractivity contribution < 1.29 is 47.4 Å². The van der Waals surface area contributed by atoms with Crippen molar-refractivity contribution in [1.82, 2.24) is 0 Å². The fourth-order valence-corrected chi connectivity index (χ4v) is 15.9. The van der Waals surface area contributed by atoms with Crippen LogP contribution in [0.3, 0.4) is 0 Å². The molecule has 0 aromatic carbocycles. The van der Waals surface area contributed by atoms with Gasteiger partial charge in [-0.25, -0.2) is 8.78 Å². The summed E-state index contributed by atoms with van der Waals surface area (Å²) < 4.78 is 33.4. The van der Waals surface area contributed by atoms with Crippen molar-refractivity contribution in [1.29, 1.82) is 0 Å². The molecule has 0 spiro atoms. The van der Waals surface area contributed by atoms with Gasteiger partial charge >= 0.3 is 11.9 Å². The Labute approximate surface area is 349 Å². The maximum absolute atomic E-state index is 14.3. The highest BCUT2D eigenvalue weighted by Gasteiger charge is 2.65. The second-order valence-corrected chi connectivity index (χ2v) is 21.6. The maximum atomic E-state index is 14.3. The van der Waals surface area contributed by atoms with Gasteiger partial charge in [-0.15, -0.1) is 0 Å². The number of methoxy groups -OCH3 is 1. The van der Waals surface area contributed by atoms with Gasteiger partial charge in [-0.1, -0.05) is 41.5 Å². The SMILES string of the molecule is COC(=O)CC[C@@H](C)[C@H]1CCC2C3C(=O)C[C@@H]4CC(=O)C(F)=C[C@]4(C)C3CC[C@@]21C.C[C@H](CCC(=O)O)[C@H]1CCC2C3C(=O)C[C@@H]4CC(=O)C(F)=C[C@]4(C)C3CC[C@@]21C. The lowest BCUT2D eigenvalue weighted by Gasteiger charge is -2.58. The monoisotopic (exact) mass is 822 g/mol. The van der Waals surface area contributed by atoms with Gasteiger partial charge in [-0.05, 0) is 157 Å². The number of hydrogen-bond donors (Lipinski definition) is 1. The van der Waals surface area contributed by atoms with Crippen LogP contribution in [0.15, 0.2) is 23.8 Å². The number of rotatable bonds is 8. The van der Waals surface area contributed by atoms with E-state index in [0.717, 1.165) is 57.8 Å². The van der Waals surface area contributed by atoms with E-state index in [1.807, 2.05) is 0 Å². The van der Waals surface area contributed by atoms with Crippen molar-refractivity contribution in [2.24, 2.45) is 92.7 Å². The summed E-state index contributed by atoms with van der Waals surface area (Å²) in [5.74, 6) is -0.144. The first-order chi connectivity index (χ1) is 27.7. The fourth-order valence-electron chi connectivity index (χ4n) is 15.9. The largest absolute Gasteiger partial charge is 0.481 e. The first-order valence-electron chi connectivity index (χ1n) is 22.9. The van der Waals surface area contributed by atoms with Crippen LogP contribution in [0.25, 0.3) is 0 Å². The fraction of sp³-hybridized carbons (Fsp3) is 0.796. The second kappa shape index (κ2) is 16.0. The molecule has 6 unspecified atom stereocenters. The van der Waals surface area contributed by atoms with Crippen molar-refractivity contribution in [2.45, 2.75) is 144 Å². The molecule has 10 heteroatoms. The standard InChI is InChI=1S/C25H35FO4.C24H33FO4/c1-14(5-8-22(29)30-4)16-6-7-17-23-18(9-10-24(16,17)2)25(3)13-19(26)20(27)11-15(25)12-21(23)28;1-13(4-7-21(28)29)15-5-6-16-22-17(8-9-23(15,16)2)24(3)12-18(25)19(26)10-14(24)11-20(22)27/h13-18,23H,5-12H2,1-4H3;12-17,22H,4-11H2,1-3H3,(H,28,29)/t14-,15+,16-,17?,18?,23?,24-,25+;13-,14+,15-,16?,17?,22?,23-,24+/m11/s1. The van der Waals surface area contributed by atoms with Crippen LogP contribution >= 0.6 is 0 Å². The van der Waals surface area contributed by atoms with Gasteiger partial charge in [-0.2, -0.15) is 0 Å². The van der Waals surface area contributed by atoms with Gasteiger partial charge in [0.15, 0.2) is 23.2 Å². The Morgan fingerprint density at radius 1 is 0.661 bits per heavy atom. The number of ether oxygens (including phenoxy) is 1. The van der Waals surface area contributed by atoms with Crippen LogP contribution in [-0.4, -0.2) is 47.3 Å². The van der Waals surface area contributed by atoms with Crippen molar-refractivity contribution >= 4 is 35.1 Å². The number of esters is 1. The number of carboxylic acid groups (broad SMARTS) is 1. The maximum Gasteiger partial charge on any atom is 0.305 e. The molecule has 0 radical (unpaired) electrons. The first-order valence-corrected chi connectivity index (χ1v) is 22.9. The minimum Gasteiger partial charge on any atom is -0.481 e. The van der Waals surface area contributed by atoms with Crippen molar-refractivity contribution in [3.63, 3.8) is 0 Å². The summed E-state index contributed by atoms with van der Waals surface area (Å²) in [6.07, 6.45) is 14.4. The van der Waals surface area contributed by atoms with Crippen molar-refractivity contribution in [3.8, 4) is 0 Å². The average Bonchev–Trinajstić information content (AvgIpc) is 3.72. The van der Waals surface area contributed by atoms with Gasteiger partial charge in [-0.3, -0.25) is 28.8 Å².